The molecule has 0 rings (SSSR count). The molecular weight excluding hydrogens is 174 g/mol. The van der Waals surface area contributed by atoms with Crippen LogP contribution in [0, 0.1) is 0 Å². The molecular formula is C7H15N3O3. The Morgan fingerprint density at radius 2 is 1.92 bits per heavy atom. The second-order valence-electron chi connectivity index (χ2n) is 2.35. The number of urea groups is 1. The Bertz CT molecular complexity index is 172. The molecule has 0 unspecified atom stereocenters. The average molecular weight is 189 g/mol. The van der Waals surface area contributed by atoms with Gasteiger partial charge in [-0.25, -0.2) is 9.59 Å². The monoisotopic (exact) mass is 189 g/mol. The van der Waals surface area contributed by atoms with E-state index in [2.05, 4.69) is 10.6 Å². The van der Waals surface area contributed by atoms with Crippen LogP contribution < -0.4 is 16.4 Å². The van der Waals surface area contributed by atoms with Gasteiger partial charge in [-0.05, 0) is 6.42 Å². The van der Waals surface area contributed by atoms with Gasteiger partial charge in [-0.3, -0.25) is 0 Å². The third-order valence-electron chi connectivity index (χ3n) is 1.13. The van der Waals surface area contributed by atoms with Crippen LogP contribution in [-0.2, 0) is 4.74 Å². The molecule has 0 aromatic rings. The minimum absolute atomic E-state index is 0.302. The molecule has 0 heterocycles. The second kappa shape index (κ2) is 7.20. The molecule has 0 aromatic heterocycles. The van der Waals surface area contributed by atoms with Crippen LogP contribution in [0.1, 0.15) is 13.3 Å². The molecule has 0 radical (unpaired) electrons. The first-order valence-corrected chi connectivity index (χ1v) is 4.10. The summed E-state index contributed by atoms with van der Waals surface area (Å²) >= 11 is 0. The smallest absolute Gasteiger partial charge is 0.407 e. The summed E-state index contributed by atoms with van der Waals surface area (Å²) in [5, 5.41) is 4.77. The van der Waals surface area contributed by atoms with E-state index in [0.717, 1.165) is 6.42 Å². The molecule has 0 bridgehead atoms. The largest absolute Gasteiger partial charge is 0.450 e. The molecule has 13 heavy (non-hydrogen) atoms. The number of amides is 3. The predicted molar refractivity (Wildman–Crippen MR) is 47.2 cm³/mol. The van der Waals surface area contributed by atoms with E-state index in [9.17, 15) is 9.59 Å². The fourth-order valence-corrected chi connectivity index (χ4v) is 0.596. The lowest BCUT2D eigenvalue weighted by molar-refractivity contribution is 0.146. The van der Waals surface area contributed by atoms with Gasteiger partial charge in [0.25, 0.3) is 0 Å². The Kier molecular flexibility index (Phi) is 6.39. The van der Waals surface area contributed by atoms with Gasteiger partial charge in [0.15, 0.2) is 0 Å². The molecule has 0 fully saturated rings. The summed E-state index contributed by atoms with van der Waals surface area (Å²) in [6.07, 6.45) is 0.306. The van der Waals surface area contributed by atoms with Crippen molar-refractivity contribution in [3.05, 3.63) is 0 Å². The van der Waals surface area contributed by atoms with E-state index in [-0.39, 0.29) is 0 Å². The molecule has 4 N–H and O–H groups in total. The number of carbonyl (C=O) groups excluding carboxylic acids is 2. The van der Waals surface area contributed by atoms with Crippen molar-refractivity contribution in [1.29, 1.82) is 0 Å². The first-order valence-electron chi connectivity index (χ1n) is 4.10. The highest BCUT2D eigenvalue weighted by Gasteiger charge is 1.98. The molecule has 0 aliphatic rings. The number of hydrogen-bond donors (Lipinski definition) is 3. The first kappa shape index (κ1) is 11.5. The molecule has 3 amide bonds. The number of nitrogens with one attached hydrogen (secondary N) is 2. The highest BCUT2D eigenvalue weighted by Crippen LogP contribution is 1.80. The number of rotatable bonds is 5. The van der Waals surface area contributed by atoms with Gasteiger partial charge in [0.05, 0.1) is 6.61 Å². The van der Waals surface area contributed by atoms with Crippen LogP contribution in [0.5, 0.6) is 0 Å². The summed E-state index contributed by atoms with van der Waals surface area (Å²) in [4.78, 5) is 21.0. The molecule has 0 saturated heterocycles. The van der Waals surface area contributed by atoms with Gasteiger partial charge >= 0.3 is 12.1 Å². The summed E-state index contributed by atoms with van der Waals surface area (Å²) in [7, 11) is 0. The zero-order valence-corrected chi connectivity index (χ0v) is 7.63. The van der Waals surface area contributed by atoms with Crippen LogP contribution in [0.4, 0.5) is 9.59 Å². The minimum atomic E-state index is -0.608. The Balaban J connectivity index is 3.22. The van der Waals surface area contributed by atoms with Crippen molar-refractivity contribution in [1.82, 2.24) is 10.6 Å². The third kappa shape index (κ3) is 8.45. The lowest BCUT2D eigenvalue weighted by Gasteiger charge is -2.05. The van der Waals surface area contributed by atoms with Gasteiger partial charge in [-0.15, -0.1) is 0 Å². The Morgan fingerprint density at radius 3 is 2.46 bits per heavy atom. The van der Waals surface area contributed by atoms with Crippen molar-refractivity contribution in [3.8, 4) is 0 Å². The Morgan fingerprint density at radius 1 is 1.31 bits per heavy atom. The summed E-state index contributed by atoms with van der Waals surface area (Å²) in [6, 6.07) is -0.608. The summed E-state index contributed by atoms with van der Waals surface area (Å²) in [5.74, 6) is 0. The number of ether oxygens (including phenoxy) is 1. The van der Waals surface area contributed by atoms with Crippen molar-refractivity contribution in [2.24, 2.45) is 5.73 Å². The number of alkyl carbamates (subject to hydrolysis) is 1. The highest BCUT2D eigenvalue weighted by molar-refractivity contribution is 5.71. The summed E-state index contributed by atoms with van der Waals surface area (Å²) in [6.45, 7) is 2.92. The minimum Gasteiger partial charge on any atom is -0.450 e. The van der Waals surface area contributed by atoms with Gasteiger partial charge in [-0.1, -0.05) is 6.92 Å². The van der Waals surface area contributed by atoms with Crippen molar-refractivity contribution < 1.29 is 14.3 Å². The fraction of sp³-hybridized carbons (Fsp3) is 0.714. The number of carbonyl (C=O) groups is 2. The maximum atomic E-state index is 10.8. The van der Waals surface area contributed by atoms with Crippen molar-refractivity contribution in [3.63, 3.8) is 0 Å². The van der Waals surface area contributed by atoms with E-state index < -0.39 is 12.1 Å². The molecule has 0 aromatic carbocycles. The van der Waals surface area contributed by atoms with E-state index in [1.165, 1.54) is 0 Å². The second-order valence-corrected chi connectivity index (χ2v) is 2.35. The van der Waals surface area contributed by atoms with E-state index >= 15 is 0 Å². The number of hydrogen-bond acceptors (Lipinski definition) is 3. The summed E-state index contributed by atoms with van der Waals surface area (Å²) in [5.41, 5.74) is 4.80. The van der Waals surface area contributed by atoms with Crippen molar-refractivity contribution in [2.45, 2.75) is 13.3 Å². The van der Waals surface area contributed by atoms with Crippen LogP contribution in [0.3, 0.4) is 0 Å². The maximum absolute atomic E-state index is 10.8. The van der Waals surface area contributed by atoms with Crippen molar-refractivity contribution >= 4 is 12.1 Å². The van der Waals surface area contributed by atoms with Crippen LogP contribution in [-0.4, -0.2) is 31.8 Å². The van der Waals surface area contributed by atoms with E-state index in [0.29, 0.717) is 19.7 Å². The lowest BCUT2D eigenvalue weighted by atomic mass is 10.5. The Hall–Kier alpha value is -1.46. The molecule has 6 heteroatoms. The lowest BCUT2D eigenvalue weighted by Crippen LogP contribution is -2.37. The number of primary amides is 1. The SMILES string of the molecule is CCCOC(=O)NCCNC(N)=O. The van der Waals surface area contributed by atoms with Crippen molar-refractivity contribution in [2.75, 3.05) is 19.7 Å². The van der Waals surface area contributed by atoms with Crippen LogP contribution in [0.15, 0.2) is 0 Å². The molecule has 0 saturated carbocycles. The maximum Gasteiger partial charge on any atom is 0.407 e. The quantitative estimate of drug-likeness (QED) is 0.522. The standard InChI is InChI=1S/C7H15N3O3/c1-2-5-13-7(12)10-4-3-9-6(8)11/h2-5H2,1H3,(H,10,12)(H3,8,9,11). The molecule has 0 spiro atoms. The van der Waals surface area contributed by atoms with Gasteiger partial charge in [0.1, 0.15) is 0 Å². The zero-order valence-electron chi connectivity index (χ0n) is 7.63. The molecule has 6 nitrogen and oxygen atoms in total. The molecule has 0 aliphatic carbocycles. The fourth-order valence-electron chi connectivity index (χ4n) is 0.596. The molecule has 0 aliphatic heterocycles. The highest BCUT2D eigenvalue weighted by atomic mass is 16.5. The third-order valence-corrected chi connectivity index (χ3v) is 1.13. The predicted octanol–water partition coefficient (Wildman–Crippen LogP) is -0.209. The van der Waals surface area contributed by atoms with Crippen LogP contribution >= 0.6 is 0 Å². The van der Waals surface area contributed by atoms with Gasteiger partial charge < -0.3 is 21.1 Å². The van der Waals surface area contributed by atoms with Gasteiger partial charge in [-0.2, -0.15) is 0 Å². The van der Waals surface area contributed by atoms with E-state index in [4.69, 9.17) is 10.5 Å². The summed E-state index contributed by atoms with van der Waals surface area (Å²) < 4.78 is 4.70. The Labute approximate surface area is 76.8 Å². The topological polar surface area (TPSA) is 93.4 Å². The van der Waals surface area contributed by atoms with E-state index in [1.807, 2.05) is 6.92 Å². The van der Waals surface area contributed by atoms with Crippen LogP contribution in [0.2, 0.25) is 0 Å². The van der Waals surface area contributed by atoms with Gasteiger partial charge in [0.2, 0.25) is 0 Å². The average Bonchev–Trinajstić information content (AvgIpc) is 2.08. The number of nitrogens with two attached hydrogens (primary N) is 1. The van der Waals surface area contributed by atoms with E-state index in [1.54, 1.807) is 0 Å². The first-order chi connectivity index (χ1) is 6.16. The molecule has 0 atom stereocenters. The van der Waals surface area contributed by atoms with Gasteiger partial charge in [0, 0.05) is 13.1 Å². The van der Waals surface area contributed by atoms with Crippen LogP contribution in [0.25, 0.3) is 0 Å². The molecule has 76 valence electrons. The zero-order chi connectivity index (χ0) is 10.1. The normalized spacial score (nSPS) is 9.00.